The molecule has 5 rings (SSSR count). The Hall–Kier alpha value is -2.92. The molecule has 5 nitrogen and oxygen atoms in total. The summed E-state index contributed by atoms with van der Waals surface area (Å²) in [5.41, 5.74) is 1.64. The molecule has 0 aromatic heterocycles. The van der Waals surface area contributed by atoms with Gasteiger partial charge in [-0.2, -0.15) is 0 Å². The van der Waals surface area contributed by atoms with Crippen molar-refractivity contribution in [3.05, 3.63) is 96.6 Å². The first-order chi connectivity index (χ1) is 15.2. The predicted molar refractivity (Wildman–Crippen MR) is 120 cm³/mol. The summed E-state index contributed by atoms with van der Waals surface area (Å²) in [6, 6.07) is 28.8. The summed E-state index contributed by atoms with van der Waals surface area (Å²) in [4.78, 5) is 29.4. The van der Waals surface area contributed by atoms with Crippen molar-refractivity contribution in [1.82, 2.24) is 4.90 Å². The molecule has 1 unspecified atom stereocenters. The number of ether oxygens (including phenoxy) is 1. The Morgan fingerprint density at radius 1 is 0.935 bits per heavy atom. The van der Waals surface area contributed by atoms with Crippen LogP contribution in [0.15, 0.2) is 91.0 Å². The standard InChI is InChI=1S/C25H22N2O3Se/c28-23(26-19-12-6-2-7-13-19)25(31-21-14-8-3-9-15-21)16-20-17-30-22(27(20)24(25)29)18-10-4-1-5-11-18/h1-15,20,22H,16-17H2,(H,26,28)/t20-,22+,25?/m0/s1. The van der Waals surface area contributed by atoms with Gasteiger partial charge in [-0.1, -0.05) is 0 Å². The van der Waals surface area contributed by atoms with Gasteiger partial charge in [-0.05, 0) is 0 Å². The van der Waals surface area contributed by atoms with E-state index < -0.39 is 10.5 Å². The molecule has 1 N–H and O–H groups in total. The van der Waals surface area contributed by atoms with Gasteiger partial charge < -0.3 is 0 Å². The number of carbonyl (C=O) groups excluding carboxylic acids is 2. The molecular weight excluding hydrogens is 455 g/mol. The summed E-state index contributed by atoms with van der Waals surface area (Å²) in [6.07, 6.45) is 0.0135. The van der Waals surface area contributed by atoms with Gasteiger partial charge in [0.25, 0.3) is 0 Å². The predicted octanol–water partition coefficient (Wildman–Crippen LogP) is 3.14. The SMILES string of the molecule is O=C(Nc1ccccc1)C1([Se]c2ccccc2)C[C@H]2CO[C@H](c3ccccc3)N2C1=O. The number of nitrogens with one attached hydrogen (secondary N) is 1. The fourth-order valence-electron chi connectivity index (χ4n) is 4.25. The topological polar surface area (TPSA) is 58.6 Å². The summed E-state index contributed by atoms with van der Waals surface area (Å²) in [6.45, 7) is 0.441. The molecule has 3 atom stereocenters. The van der Waals surface area contributed by atoms with Crippen LogP contribution < -0.4 is 9.78 Å². The second-order valence-corrected chi connectivity index (χ2v) is 10.6. The Bertz CT molecular complexity index is 1080. The van der Waals surface area contributed by atoms with Crippen molar-refractivity contribution in [3.63, 3.8) is 0 Å². The fraction of sp³-hybridized carbons (Fsp3) is 0.200. The maximum absolute atomic E-state index is 13.9. The number of carbonyl (C=O) groups is 2. The van der Waals surface area contributed by atoms with Crippen molar-refractivity contribution >= 4 is 36.9 Å². The number of anilines is 1. The average molecular weight is 477 g/mol. The number of nitrogens with zero attached hydrogens (tertiary/aromatic N) is 1. The first-order valence-corrected chi connectivity index (χ1v) is 12.0. The monoisotopic (exact) mass is 478 g/mol. The summed E-state index contributed by atoms with van der Waals surface area (Å²) < 4.78 is 5.93. The Kier molecular flexibility index (Phi) is 5.36. The van der Waals surface area contributed by atoms with E-state index in [0.717, 1.165) is 10.0 Å². The van der Waals surface area contributed by atoms with Gasteiger partial charge in [0.1, 0.15) is 0 Å². The third-order valence-electron chi connectivity index (χ3n) is 5.71. The molecule has 3 aromatic rings. The van der Waals surface area contributed by atoms with Crippen molar-refractivity contribution in [1.29, 1.82) is 0 Å². The molecule has 0 saturated carbocycles. The van der Waals surface area contributed by atoms with Crippen LogP contribution in [0.5, 0.6) is 0 Å². The first kappa shape index (κ1) is 20.0. The van der Waals surface area contributed by atoms with Crippen LogP contribution in [0.4, 0.5) is 5.69 Å². The molecule has 2 saturated heterocycles. The molecule has 2 aliphatic rings. The summed E-state index contributed by atoms with van der Waals surface area (Å²) in [7, 11) is 0. The number of fused-ring (bicyclic) bond motifs is 1. The molecule has 2 aliphatic heterocycles. The zero-order valence-corrected chi connectivity index (χ0v) is 18.5. The number of hydrogen-bond acceptors (Lipinski definition) is 3. The molecule has 2 heterocycles. The molecule has 0 spiro atoms. The van der Waals surface area contributed by atoms with Crippen molar-refractivity contribution < 1.29 is 14.3 Å². The molecule has 0 radical (unpaired) electrons. The van der Waals surface area contributed by atoms with Gasteiger partial charge in [0.05, 0.1) is 0 Å². The summed E-state index contributed by atoms with van der Waals surface area (Å²) >= 11 is -0.365. The molecule has 0 aliphatic carbocycles. The fourth-order valence-corrected chi connectivity index (χ4v) is 6.99. The Balaban J connectivity index is 1.50. The van der Waals surface area contributed by atoms with Crippen LogP contribution in [0.25, 0.3) is 0 Å². The van der Waals surface area contributed by atoms with E-state index in [1.54, 1.807) is 4.90 Å². The Labute approximate surface area is 187 Å². The summed E-state index contributed by atoms with van der Waals surface area (Å²) in [5, 5.41) is 3.01. The van der Waals surface area contributed by atoms with Gasteiger partial charge in [-0.3, -0.25) is 0 Å². The molecule has 2 fully saturated rings. The summed E-state index contributed by atoms with van der Waals surface area (Å²) in [5.74, 6) is -0.366. The molecule has 156 valence electrons. The van der Waals surface area contributed by atoms with E-state index >= 15 is 0 Å². The second kappa shape index (κ2) is 8.31. The van der Waals surface area contributed by atoms with E-state index in [2.05, 4.69) is 5.32 Å². The normalized spacial score (nSPS) is 24.8. The van der Waals surface area contributed by atoms with Crippen LogP contribution in [-0.4, -0.2) is 44.3 Å². The van der Waals surface area contributed by atoms with Crippen molar-refractivity contribution in [3.8, 4) is 0 Å². The molecule has 0 bridgehead atoms. The Morgan fingerprint density at radius 2 is 1.55 bits per heavy atom. The number of rotatable bonds is 5. The molecular formula is C25H22N2O3Se. The van der Waals surface area contributed by atoms with E-state index in [9.17, 15) is 9.59 Å². The third-order valence-corrected chi connectivity index (χ3v) is 8.62. The maximum atomic E-state index is 13.9. The number of amides is 2. The van der Waals surface area contributed by atoms with E-state index in [-0.39, 0.29) is 32.8 Å². The third kappa shape index (κ3) is 3.67. The minimum atomic E-state index is -1.11. The number of para-hydroxylation sites is 1. The van der Waals surface area contributed by atoms with E-state index in [1.165, 1.54) is 0 Å². The van der Waals surface area contributed by atoms with Crippen LogP contribution in [0.2, 0.25) is 4.31 Å². The van der Waals surface area contributed by atoms with E-state index in [1.807, 2.05) is 91.0 Å². The van der Waals surface area contributed by atoms with Gasteiger partial charge in [-0.15, -0.1) is 0 Å². The van der Waals surface area contributed by atoms with Gasteiger partial charge >= 0.3 is 188 Å². The van der Waals surface area contributed by atoms with Crippen molar-refractivity contribution in [2.75, 3.05) is 11.9 Å². The van der Waals surface area contributed by atoms with Gasteiger partial charge in [0.15, 0.2) is 0 Å². The number of hydrogen-bond donors (Lipinski definition) is 1. The van der Waals surface area contributed by atoms with Gasteiger partial charge in [-0.25, -0.2) is 0 Å². The first-order valence-electron chi connectivity index (χ1n) is 10.3. The molecule has 31 heavy (non-hydrogen) atoms. The average Bonchev–Trinajstić information content (AvgIpc) is 3.34. The Morgan fingerprint density at radius 3 is 2.23 bits per heavy atom. The molecule has 3 aromatic carbocycles. The van der Waals surface area contributed by atoms with Gasteiger partial charge in [0, 0.05) is 0 Å². The van der Waals surface area contributed by atoms with Crippen molar-refractivity contribution in [2.24, 2.45) is 0 Å². The minimum absolute atomic E-state index is 0.107. The van der Waals surface area contributed by atoms with Crippen LogP contribution in [0.3, 0.4) is 0 Å². The second-order valence-electron chi connectivity index (χ2n) is 7.73. The van der Waals surface area contributed by atoms with Crippen LogP contribution in [-0.2, 0) is 14.3 Å². The zero-order valence-electron chi connectivity index (χ0n) is 16.8. The van der Waals surface area contributed by atoms with E-state index in [4.69, 9.17) is 4.74 Å². The van der Waals surface area contributed by atoms with Crippen LogP contribution in [0.1, 0.15) is 18.2 Å². The van der Waals surface area contributed by atoms with Crippen LogP contribution in [0, 0.1) is 0 Å². The van der Waals surface area contributed by atoms with Gasteiger partial charge in [0.2, 0.25) is 0 Å². The number of benzene rings is 3. The molecule has 2 amide bonds. The molecule has 6 heteroatoms. The van der Waals surface area contributed by atoms with Crippen LogP contribution >= 0.6 is 0 Å². The quantitative estimate of drug-likeness (QED) is 0.454. The van der Waals surface area contributed by atoms with E-state index in [0.29, 0.717) is 18.7 Å². The zero-order chi connectivity index (χ0) is 21.3. The van der Waals surface area contributed by atoms with Crippen molar-refractivity contribution in [2.45, 2.75) is 23.0 Å².